The molecular formula is C19H25N5O2S. The second kappa shape index (κ2) is 8.67. The van der Waals surface area contributed by atoms with Gasteiger partial charge in [-0.25, -0.2) is 9.97 Å². The quantitative estimate of drug-likeness (QED) is 0.845. The van der Waals surface area contributed by atoms with E-state index >= 15 is 0 Å². The number of piperidine rings is 1. The van der Waals surface area contributed by atoms with Gasteiger partial charge in [-0.1, -0.05) is 6.07 Å². The number of carbonyl (C=O) groups excluding carboxylic acids is 1. The van der Waals surface area contributed by atoms with E-state index in [1.807, 2.05) is 17.6 Å². The number of hydrogen-bond acceptors (Lipinski definition) is 7. The molecule has 8 heteroatoms. The Morgan fingerprint density at radius 1 is 1.22 bits per heavy atom. The SMILES string of the molecule is O=C(NCc1cccs1)C1CCN(c2cncnc2N2CCOCC2)CC1. The second-order valence-electron chi connectivity index (χ2n) is 6.89. The highest BCUT2D eigenvalue weighted by atomic mass is 32.1. The molecule has 2 fully saturated rings. The predicted octanol–water partition coefficient (Wildman–Crippen LogP) is 1.91. The molecule has 2 aromatic heterocycles. The van der Waals surface area contributed by atoms with Crippen molar-refractivity contribution in [3.63, 3.8) is 0 Å². The predicted molar refractivity (Wildman–Crippen MR) is 106 cm³/mol. The molecule has 0 bridgehead atoms. The molecule has 4 heterocycles. The maximum Gasteiger partial charge on any atom is 0.223 e. The van der Waals surface area contributed by atoms with Gasteiger partial charge >= 0.3 is 0 Å². The van der Waals surface area contributed by atoms with Crippen molar-refractivity contribution >= 4 is 28.7 Å². The molecule has 0 saturated carbocycles. The van der Waals surface area contributed by atoms with E-state index < -0.39 is 0 Å². The molecule has 2 saturated heterocycles. The first-order chi connectivity index (χ1) is 13.3. The van der Waals surface area contributed by atoms with Crippen LogP contribution in [0.15, 0.2) is 30.0 Å². The van der Waals surface area contributed by atoms with Crippen molar-refractivity contribution in [2.45, 2.75) is 19.4 Å². The van der Waals surface area contributed by atoms with E-state index in [1.54, 1.807) is 17.7 Å². The van der Waals surface area contributed by atoms with Crippen molar-refractivity contribution in [1.29, 1.82) is 0 Å². The Balaban J connectivity index is 1.34. The lowest BCUT2D eigenvalue weighted by atomic mass is 9.95. The number of amides is 1. The van der Waals surface area contributed by atoms with Crippen molar-refractivity contribution < 1.29 is 9.53 Å². The monoisotopic (exact) mass is 387 g/mol. The van der Waals surface area contributed by atoms with Crippen LogP contribution >= 0.6 is 11.3 Å². The molecule has 0 spiro atoms. The van der Waals surface area contributed by atoms with Gasteiger partial charge in [0, 0.05) is 37.0 Å². The summed E-state index contributed by atoms with van der Waals surface area (Å²) in [6.07, 6.45) is 5.22. The molecule has 2 aliphatic heterocycles. The number of nitrogens with zero attached hydrogens (tertiary/aromatic N) is 4. The minimum atomic E-state index is 0.0812. The number of anilines is 2. The fourth-order valence-corrected chi connectivity index (χ4v) is 4.32. The fraction of sp³-hybridized carbons (Fsp3) is 0.526. The summed E-state index contributed by atoms with van der Waals surface area (Å²) in [6, 6.07) is 4.06. The third kappa shape index (κ3) is 4.39. The lowest BCUT2D eigenvalue weighted by Crippen LogP contribution is -2.42. The molecule has 1 N–H and O–H groups in total. The molecule has 2 aliphatic rings. The third-order valence-electron chi connectivity index (χ3n) is 5.21. The number of thiophene rings is 1. The van der Waals surface area contributed by atoms with Crippen molar-refractivity contribution in [3.05, 3.63) is 34.9 Å². The number of carbonyl (C=O) groups is 1. The summed E-state index contributed by atoms with van der Waals surface area (Å²) in [6.45, 7) is 5.50. The number of hydrogen-bond donors (Lipinski definition) is 1. The average Bonchev–Trinajstić information content (AvgIpc) is 3.26. The summed E-state index contributed by atoms with van der Waals surface area (Å²) in [5.74, 6) is 1.23. The summed E-state index contributed by atoms with van der Waals surface area (Å²) in [4.78, 5) is 27.0. The molecule has 1 amide bonds. The minimum absolute atomic E-state index is 0.0812. The van der Waals surface area contributed by atoms with Gasteiger partial charge in [-0.15, -0.1) is 11.3 Å². The average molecular weight is 388 g/mol. The highest BCUT2D eigenvalue weighted by molar-refractivity contribution is 7.09. The van der Waals surface area contributed by atoms with Crippen molar-refractivity contribution in [2.24, 2.45) is 5.92 Å². The van der Waals surface area contributed by atoms with E-state index in [-0.39, 0.29) is 11.8 Å². The lowest BCUT2D eigenvalue weighted by Gasteiger charge is -2.36. The molecule has 4 rings (SSSR count). The number of ether oxygens (including phenoxy) is 1. The summed E-state index contributed by atoms with van der Waals surface area (Å²) < 4.78 is 5.45. The van der Waals surface area contributed by atoms with E-state index in [1.165, 1.54) is 4.88 Å². The van der Waals surface area contributed by atoms with Crippen LogP contribution in [0.1, 0.15) is 17.7 Å². The van der Waals surface area contributed by atoms with Gasteiger partial charge in [-0.05, 0) is 24.3 Å². The lowest BCUT2D eigenvalue weighted by molar-refractivity contribution is -0.125. The highest BCUT2D eigenvalue weighted by Crippen LogP contribution is 2.30. The largest absolute Gasteiger partial charge is 0.378 e. The zero-order valence-electron chi connectivity index (χ0n) is 15.3. The summed E-state index contributed by atoms with van der Waals surface area (Å²) in [7, 11) is 0. The van der Waals surface area contributed by atoms with E-state index in [0.717, 1.165) is 63.7 Å². The number of morpholine rings is 1. The van der Waals surface area contributed by atoms with E-state index in [4.69, 9.17) is 4.74 Å². The topological polar surface area (TPSA) is 70.6 Å². The fourth-order valence-electron chi connectivity index (χ4n) is 3.67. The second-order valence-corrected chi connectivity index (χ2v) is 7.92. The maximum atomic E-state index is 12.5. The molecule has 2 aromatic rings. The van der Waals surface area contributed by atoms with Crippen LogP contribution < -0.4 is 15.1 Å². The van der Waals surface area contributed by atoms with Gasteiger partial charge in [-0.2, -0.15) is 0 Å². The van der Waals surface area contributed by atoms with Crippen molar-refractivity contribution in [3.8, 4) is 0 Å². The standard InChI is InChI=1S/C19H25N5O2S/c25-19(21-12-16-2-1-11-27-16)15-3-5-23(6-4-15)17-13-20-14-22-18(17)24-7-9-26-10-8-24/h1-2,11,13-15H,3-10,12H2,(H,21,25). The molecule has 0 atom stereocenters. The smallest absolute Gasteiger partial charge is 0.223 e. The zero-order valence-corrected chi connectivity index (χ0v) is 16.2. The zero-order chi connectivity index (χ0) is 18.5. The Hall–Kier alpha value is -2.19. The van der Waals surface area contributed by atoms with Gasteiger partial charge in [0.15, 0.2) is 5.82 Å². The summed E-state index contributed by atoms with van der Waals surface area (Å²) >= 11 is 1.67. The van der Waals surface area contributed by atoms with Crippen LogP contribution in [-0.4, -0.2) is 55.3 Å². The Morgan fingerprint density at radius 3 is 2.78 bits per heavy atom. The number of rotatable bonds is 5. The minimum Gasteiger partial charge on any atom is -0.378 e. The molecule has 27 heavy (non-hydrogen) atoms. The number of nitrogens with one attached hydrogen (secondary N) is 1. The highest BCUT2D eigenvalue weighted by Gasteiger charge is 2.27. The molecule has 144 valence electrons. The van der Waals surface area contributed by atoms with E-state index in [0.29, 0.717) is 6.54 Å². The van der Waals surface area contributed by atoms with Gasteiger partial charge in [0.05, 0.1) is 31.6 Å². The molecule has 0 unspecified atom stereocenters. The first-order valence-corrected chi connectivity index (χ1v) is 10.4. The van der Waals surface area contributed by atoms with E-state index in [9.17, 15) is 4.79 Å². The van der Waals surface area contributed by atoms with Crippen LogP contribution in [0.5, 0.6) is 0 Å². The molecule has 0 aromatic carbocycles. The maximum absolute atomic E-state index is 12.5. The normalized spacial score (nSPS) is 18.5. The van der Waals surface area contributed by atoms with Crippen LogP contribution in [-0.2, 0) is 16.1 Å². The van der Waals surface area contributed by atoms with Crippen LogP contribution in [0.2, 0.25) is 0 Å². The van der Waals surface area contributed by atoms with Crippen LogP contribution in [0, 0.1) is 5.92 Å². The first-order valence-electron chi connectivity index (χ1n) is 9.49. The molecular weight excluding hydrogens is 362 g/mol. The number of aromatic nitrogens is 2. The molecule has 7 nitrogen and oxygen atoms in total. The molecule has 0 aliphatic carbocycles. The van der Waals surface area contributed by atoms with Gasteiger partial charge < -0.3 is 19.9 Å². The van der Waals surface area contributed by atoms with Gasteiger partial charge in [-0.3, -0.25) is 4.79 Å². The summed E-state index contributed by atoms with van der Waals surface area (Å²) in [5, 5.41) is 5.11. The van der Waals surface area contributed by atoms with Crippen LogP contribution in [0.3, 0.4) is 0 Å². The Kier molecular flexibility index (Phi) is 5.84. The van der Waals surface area contributed by atoms with Gasteiger partial charge in [0.25, 0.3) is 0 Å². The van der Waals surface area contributed by atoms with Crippen molar-refractivity contribution in [1.82, 2.24) is 15.3 Å². The van der Waals surface area contributed by atoms with Crippen LogP contribution in [0.25, 0.3) is 0 Å². The molecule has 0 radical (unpaired) electrons. The van der Waals surface area contributed by atoms with Gasteiger partial charge in [0.1, 0.15) is 6.33 Å². The Bertz CT molecular complexity index is 740. The Labute approximate surface area is 163 Å². The van der Waals surface area contributed by atoms with Crippen LogP contribution in [0.4, 0.5) is 11.5 Å². The first kappa shape index (κ1) is 18.2. The Morgan fingerprint density at radius 2 is 2.04 bits per heavy atom. The van der Waals surface area contributed by atoms with E-state index in [2.05, 4.69) is 31.2 Å². The van der Waals surface area contributed by atoms with Crippen molar-refractivity contribution in [2.75, 3.05) is 49.2 Å². The van der Waals surface area contributed by atoms with Gasteiger partial charge in [0.2, 0.25) is 5.91 Å². The summed E-state index contributed by atoms with van der Waals surface area (Å²) in [5.41, 5.74) is 1.07. The third-order valence-corrected chi connectivity index (χ3v) is 6.08.